The van der Waals surface area contributed by atoms with Crippen LogP contribution < -0.4 is 0 Å². The second kappa shape index (κ2) is 9.08. The number of hydrogen-bond acceptors (Lipinski definition) is 3. The standard InChI is InChI=1S/C17H26ClN3O2/c1-3-17(22)21(13-16-15(18)12-20(2)19-16)10-11-23-14-8-6-4-5-7-9-14/h3,12,14H,1,4-11,13H2,2H3. The molecule has 0 bridgehead atoms. The highest BCUT2D eigenvalue weighted by Crippen LogP contribution is 2.20. The van der Waals surface area contributed by atoms with Gasteiger partial charge in [-0.05, 0) is 18.9 Å². The largest absolute Gasteiger partial charge is 0.376 e. The molecule has 6 heteroatoms. The van der Waals surface area contributed by atoms with E-state index in [1.807, 2.05) is 7.05 Å². The van der Waals surface area contributed by atoms with Gasteiger partial charge in [-0.25, -0.2) is 0 Å². The van der Waals surface area contributed by atoms with Gasteiger partial charge in [-0.15, -0.1) is 0 Å². The average Bonchev–Trinajstić information content (AvgIpc) is 2.72. The zero-order valence-corrected chi connectivity index (χ0v) is 14.6. The van der Waals surface area contributed by atoms with Crippen molar-refractivity contribution in [3.63, 3.8) is 0 Å². The van der Waals surface area contributed by atoms with Crippen molar-refractivity contribution in [2.45, 2.75) is 51.2 Å². The Morgan fingerprint density at radius 2 is 2.17 bits per heavy atom. The lowest BCUT2D eigenvalue weighted by atomic mass is 10.1. The smallest absolute Gasteiger partial charge is 0.246 e. The number of carbonyl (C=O) groups excluding carboxylic acids is 1. The molecule has 0 aromatic carbocycles. The topological polar surface area (TPSA) is 47.4 Å². The lowest BCUT2D eigenvalue weighted by Gasteiger charge is -2.22. The molecule has 1 aliphatic rings. The quantitative estimate of drug-likeness (QED) is 0.565. The number of carbonyl (C=O) groups is 1. The maximum atomic E-state index is 12.0. The highest BCUT2D eigenvalue weighted by atomic mass is 35.5. The predicted molar refractivity (Wildman–Crippen MR) is 91.3 cm³/mol. The fourth-order valence-electron chi connectivity index (χ4n) is 2.93. The van der Waals surface area contributed by atoms with Gasteiger partial charge in [-0.1, -0.05) is 43.9 Å². The fraction of sp³-hybridized carbons (Fsp3) is 0.647. The second-order valence-electron chi connectivity index (χ2n) is 6.05. The number of rotatable bonds is 7. The molecule has 0 N–H and O–H groups in total. The summed E-state index contributed by atoms with van der Waals surface area (Å²) < 4.78 is 7.62. The lowest BCUT2D eigenvalue weighted by Crippen LogP contribution is -2.33. The summed E-state index contributed by atoms with van der Waals surface area (Å²) in [6.45, 7) is 5.00. The van der Waals surface area contributed by atoms with E-state index in [9.17, 15) is 4.79 Å². The van der Waals surface area contributed by atoms with Gasteiger partial charge in [0.15, 0.2) is 0 Å². The number of hydrogen-bond donors (Lipinski definition) is 0. The average molecular weight is 340 g/mol. The Labute approximate surface area is 143 Å². The van der Waals surface area contributed by atoms with E-state index < -0.39 is 0 Å². The molecule has 5 nitrogen and oxygen atoms in total. The molecule has 0 radical (unpaired) electrons. The van der Waals surface area contributed by atoms with Gasteiger partial charge in [-0.2, -0.15) is 5.10 Å². The Kier molecular flexibility index (Phi) is 7.12. The molecule has 0 unspecified atom stereocenters. The van der Waals surface area contributed by atoms with Crippen LogP contribution in [0.2, 0.25) is 5.02 Å². The molecule has 1 aromatic rings. The Hall–Kier alpha value is -1.33. The summed E-state index contributed by atoms with van der Waals surface area (Å²) >= 11 is 6.13. The molecule has 0 saturated heterocycles. The van der Waals surface area contributed by atoms with Crippen molar-refractivity contribution in [3.05, 3.63) is 29.6 Å². The third-order valence-corrected chi connectivity index (χ3v) is 4.51. The van der Waals surface area contributed by atoms with Crippen LogP contribution in [-0.4, -0.2) is 39.8 Å². The number of aryl methyl sites for hydroxylation is 1. The highest BCUT2D eigenvalue weighted by molar-refractivity contribution is 6.31. The van der Waals surface area contributed by atoms with Crippen molar-refractivity contribution in [3.8, 4) is 0 Å². The molecule has 0 spiro atoms. The van der Waals surface area contributed by atoms with Crippen LogP contribution in [0.3, 0.4) is 0 Å². The summed E-state index contributed by atoms with van der Waals surface area (Å²) in [7, 11) is 1.81. The van der Waals surface area contributed by atoms with Crippen molar-refractivity contribution in [1.82, 2.24) is 14.7 Å². The van der Waals surface area contributed by atoms with Crippen LogP contribution in [0.15, 0.2) is 18.9 Å². The summed E-state index contributed by atoms with van der Waals surface area (Å²) in [6.07, 6.45) is 10.7. The fourth-order valence-corrected chi connectivity index (χ4v) is 3.17. The SMILES string of the molecule is C=CC(=O)N(CCOC1CCCCCC1)Cc1nn(C)cc1Cl. The first-order chi connectivity index (χ1) is 11.1. The van der Waals surface area contributed by atoms with Crippen LogP contribution in [0.4, 0.5) is 0 Å². The maximum Gasteiger partial charge on any atom is 0.246 e. The summed E-state index contributed by atoms with van der Waals surface area (Å²) in [5.74, 6) is -0.129. The number of ether oxygens (including phenoxy) is 1. The first kappa shape index (κ1) is 18.0. The number of amides is 1. The van der Waals surface area contributed by atoms with Gasteiger partial charge >= 0.3 is 0 Å². The minimum atomic E-state index is -0.129. The second-order valence-corrected chi connectivity index (χ2v) is 6.45. The Bertz CT molecular complexity index is 522. The number of nitrogens with zero attached hydrogens (tertiary/aromatic N) is 3. The zero-order valence-electron chi connectivity index (χ0n) is 13.8. The third-order valence-electron chi connectivity index (χ3n) is 4.20. The third kappa shape index (κ3) is 5.66. The molecule has 23 heavy (non-hydrogen) atoms. The van der Waals surface area contributed by atoms with Gasteiger partial charge in [0, 0.05) is 19.8 Å². The molecule has 0 aliphatic heterocycles. The van der Waals surface area contributed by atoms with Crippen LogP contribution in [-0.2, 0) is 23.1 Å². The Morgan fingerprint density at radius 1 is 1.48 bits per heavy atom. The first-order valence-corrected chi connectivity index (χ1v) is 8.69. The van der Waals surface area contributed by atoms with E-state index in [-0.39, 0.29) is 5.91 Å². The summed E-state index contributed by atoms with van der Waals surface area (Å²) in [5.41, 5.74) is 0.693. The molecule has 0 atom stereocenters. The minimum Gasteiger partial charge on any atom is -0.376 e. The predicted octanol–water partition coefficient (Wildman–Crippen LogP) is 3.33. The molecule has 1 aliphatic carbocycles. The van der Waals surface area contributed by atoms with E-state index in [4.69, 9.17) is 16.3 Å². The summed E-state index contributed by atoms with van der Waals surface area (Å²) in [4.78, 5) is 13.7. The molecule has 1 aromatic heterocycles. The lowest BCUT2D eigenvalue weighted by molar-refractivity contribution is -0.127. The van der Waals surface area contributed by atoms with Gasteiger partial charge < -0.3 is 9.64 Å². The monoisotopic (exact) mass is 339 g/mol. The van der Waals surface area contributed by atoms with Crippen molar-refractivity contribution in [2.75, 3.05) is 13.2 Å². The van der Waals surface area contributed by atoms with Gasteiger partial charge in [0.05, 0.1) is 24.3 Å². The molecule has 1 amide bonds. The van der Waals surface area contributed by atoms with Crippen molar-refractivity contribution < 1.29 is 9.53 Å². The van der Waals surface area contributed by atoms with Crippen molar-refractivity contribution in [1.29, 1.82) is 0 Å². The zero-order chi connectivity index (χ0) is 16.7. The molecule has 128 valence electrons. The molecule has 1 heterocycles. The van der Waals surface area contributed by atoms with Crippen LogP contribution >= 0.6 is 11.6 Å². The maximum absolute atomic E-state index is 12.0. The van der Waals surface area contributed by atoms with Crippen molar-refractivity contribution >= 4 is 17.5 Å². The van der Waals surface area contributed by atoms with E-state index in [0.29, 0.717) is 36.5 Å². The van der Waals surface area contributed by atoms with Gasteiger partial charge in [0.2, 0.25) is 5.91 Å². The number of halogens is 1. The van der Waals surface area contributed by atoms with Crippen LogP contribution in [0.5, 0.6) is 0 Å². The van der Waals surface area contributed by atoms with Crippen LogP contribution in [0, 0.1) is 0 Å². The van der Waals surface area contributed by atoms with Crippen LogP contribution in [0.25, 0.3) is 0 Å². The molecule has 2 rings (SSSR count). The molecular weight excluding hydrogens is 314 g/mol. The van der Waals surface area contributed by atoms with E-state index in [2.05, 4.69) is 11.7 Å². The van der Waals surface area contributed by atoms with Crippen molar-refractivity contribution in [2.24, 2.45) is 7.05 Å². The van der Waals surface area contributed by atoms with Gasteiger partial charge in [0.25, 0.3) is 0 Å². The van der Waals surface area contributed by atoms with E-state index in [1.54, 1.807) is 15.8 Å². The van der Waals surface area contributed by atoms with E-state index >= 15 is 0 Å². The van der Waals surface area contributed by atoms with E-state index in [1.165, 1.54) is 31.8 Å². The molecule has 1 fully saturated rings. The minimum absolute atomic E-state index is 0.129. The van der Waals surface area contributed by atoms with Crippen LogP contribution in [0.1, 0.15) is 44.2 Å². The molecular formula is C17H26ClN3O2. The highest BCUT2D eigenvalue weighted by Gasteiger charge is 2.17. The first-order valence-electron chi connectivity index (χ1n) is 8.31. The normalized spacial score (nSPS) is 16.1. The Balaban J connectivity index is 1.87. The van der Waals surface area contributed by atoms with Gasteiger partial charge in [0.1, 0.15) is 5.69 Å². The van der Waals surface area contributed by atoms with E-state index in [0.717, 1.165) is 12.8 Å². The Morgan fingerprint density at radius 3 is 2.74 bits per heavy atom. The number of aromatic nitrogens is 2. The summed E-state index contributed by atoms with van der Waals surface area (Å²) in [6, 6.07) is 0. The molecule has 1 saturated carbocycles. The summed E-state index contributed by atoms with van der Waals surface area (Å²) in [5, 5.41) is 4.86. The van der Waals surface area contributed by atoms with Gasteiger partial charge in [-0.3, -0.25) is 9.48 Å².